The first-order valence-corrected chi connectivity index (χ1v) is 11.0. The van der Waals surface area contributed by atoms with Gasteiger partial charge in [-0.25, -0.2) is 0 Å². The average molecular weight is 376 g/mol. The summed E-state index contributed by atoms with van der Waals surface area (Å²) >= 11 is 0.852. The molecule has 0 unspecified atom stereocenters. The Hall–Kier alpha value is -2.35. The molecule has 0 atom stereocenters. The number of thioether (sulfide) groups is 1. The van der Waals surface area contributed by atoms with Crippen LogP contribution in [0.3, 0.4) is 0 Å². The molecule has 0 amide bonds. The van der Waals surface area contributed by atoms with E-state index in [0.29, 0.717) is 0 Å². The predicted octanol–water partition coefficient (Wildman–Crippen LogP) is 3.34. The molecule has 2 nitrogen and oxygen atoms in total. The van der Waals surface area contributed by atoms with Crippen LogP contribution in [0.1, 0.15) is 6.42 Å². The van der Waals surface area contributed by atoms with E-state index < -0.39 is 6.89 Å². The van der Waals surface area contributed by atoms with Crippen molar-refractivity contribution >= 4 is 50.1 Å². The molecule has 3 aromatic rings. The number of carbonyl (C=O) groups excluding carboxylic acids is 2. The summed E-state index contributed by atoms with van der Waals surface area (Å²) < 4.78 is 0. The Balaban J connectivity index is 2.21. The minimum Gasteiger partial charge on any atom is -0.286 e. The molecule has 0 bridgehead atoms. The summed E-state index contributed by atoms with van der Waals surface area (Å²) in [4.78, 5) is 25.0. The van der Waals surface area contributed by atoms with E-state index in [1.165, 1.54) is 0 Å². The first-order chi connectivity index (χ1) is 12.7. The lowest BCUT2D eigenvalue weighted by Gasteiger charge is -2.30. The van der Waals surface area contributed by atoms with E-state index in [0.717, 1.165) is 33.0 Å². The van der Waals surface area contributed by atoms with Crippen LogP contribution in [-0.2, 0) is 9.59 Å². The van der Waals surface area contributed by atoms with Gasteiger partial charge in [0.15, 0.2) is 0 Å². The van der Waals surface area contributed by atoms with Crippen LogP contribution >= 0.6 is 18.6 Å². The van der Waals surface area contributed by atoms with Crippen LogP contribution in [0, 0.1) is 0 Å². The molecule has 1 aliphatic heterocycles. The quantitative estimate of drug-likeness (QED) is 0.658. The van der Waals surface area contributed by atoms with Crippen molar-refractivity contribution in [2.45, 2.75) is 6.42 Å². The van der Waals surface area contributed by atoms with Gasteiger partial charge < -0.3 is 0 Å². The minimum atomic E-state index is -2.37. The van der Waals surface area contributed by atoms with Crippen molar-refractivity contribution in [3.63, 3.8) is 0 Å². The van der Waals surface area contributed by atoms with Gasteiger partial charge in [0.25, 0.3) is 0 Å². The molecule has 0 spiro atoms. The Bertz CT molecular complexity index is 908. The fourth-order valence-corrected chi connectivity index (χ4v) is 9.14. The molecule has 0 saturated carbocycles. The second-order valence-electron chi connectivity index (χ2n) is 6.06. The van der Waals surface area contributed by atoms with Gasteiger partial charge in [-0.3, -0.25) is 9.59 Å². The Kier molecular flexibility index (Phi) is 4.67. The summed E-state index contributed by atoms with van der Waals surface area (Å²) in [5.41, 5.74) is 0. The molecule has 1 fully saturated rings. The topological polar surface area (TPSA) is 34.1 Å². The standard InChI is InChI=1S/C22H17O2PS/c23-21-16-20(22(24)26-21)25(17-10-4-1-5-11-17,18-12-6-2-7-13-18)19-14-8-3-9-15-19/h1-15H,16H2. The first-order valence-electron chi connectivity index (χ1n) is 8.40. The van der Waals surface area contributed by atoms with Gasteiger partial charge in [-0.05, 0) is 34.6 Å². The Labute approximate surface area is 157 Å². The first kappa shape index (κ1) is 17.1. The summed E-state index contributed by atoms with van der Waals surface area (Å²) in [6, 6.07) is 30.5. The van der Waals surface area contributed by atoms with Crippen LogP contribution < -0.4 is 15.9 Å². The monoisotopic (exact) mass is 376 g/mol. The van der Waals surface area contributed by atoms with Gasteiger partial charge in [-0.1, -0.05) is 91.0 Å². The zero-order chi connectivity index (χ0) is 18.0. The van der Waals surface area contributed by atoms with Crippen molar-refractivity contribution in [1.29, 1.82) is 0 Å². The molecular formula is C22H17O2PS. The van der Waals surface area contributed by atoms with E-state index in [2.05, 4.69) is 36.4 Å². The van der Waals surface area contributed by atoms with E-state index in [1.54, 1.807) is 0 Å². The van der Waals surface area contributed by atoms with Crippen LogP contribution in [-0.4, -0.2) is 15.5 Å². The molecule has 0 N–H and O–H groups in total. The maximum absolute atomic E-state index is 12.9. The molecule has 1 saturated heterocycles. The molecule has 4 rings (SSSR count). The SMILES string of the molecule is O=C1CC(=P(c2ccccc2)(c2ccccc2)c2ccccc2)C(=O)S1. The maximum atomic E-state index is 12.9. The minimum absolute atomic E-state index is 0.0582. The highest BCUT2D eigenvalue weighted by Gasteiger charge is 2.38. The van der Waals surface area contributed by atoms with Gasteiger partial charge in [-0.2, -0.15) is 0 Å². The largest absolute Gasteiger partial charge is 0.286 e. The highest BCUT2D eigenvalue weighted by Crippen LogP contribution is 2.49. The third kappa shape index (κ3) is 2.78. The lowest BCUT2D eigenvalue weighted by atomic mass is 10.3. The summed E-state index contributed by atoms with van der Waals surface area (Å²) in [7, 11) is 0. The Morgan fingerprint density at radius 3 is 1.31 bits per heavy atom. The zero-order valence-electron chi connectivity index (χ0n) is 14.0. The zero-order valence-corrected chi connectivity index (χ0v) is 15.8. The van der Waals surface area contributed by atoms with Crippen molar-refractivity contribution in [2.24, 2.45) is 0 Å². The summed E-state index contributed by atoms with van der Waals surface area (Å²) in [5.74, 6) is 0. The summed E-state index contributed by atoms with van der Waals surface area (Å²) in [5, 5.41) is 3.93. The van der Waals surface area contributed by atoms with Crippen LogP contribution in [0.4, 0.5) is 0 Å². The number of carbonyl (C=O) groups is 2. The predicted molar refractivity (Wildman–Crippen MR) is 112 cm³/mol. The second kappa shape index (κ2) is 7.11. The highest BCUT2D eigenvalue weighted by atomic mass is 32.2. The Morgan fingerprint density at radius 2 is 1.00 bits per heavy atom. The third-order valence-corrected chi connectivity index (χ3v) is 9.93. The molecule has 0 aliphatic carbocycles. The fraction of sp³-hybridized carbons (Fsp3) is 0.0455. The van der Waals surface area contributed by atoms with Gasteiger partial charge in [0, 0.05) is 11.7 Å². The highest BCUT2D eigenvalue weighted by molar-refractivity contribution is 8.30. The summed E-state index contributed by atoms with van der Waals surface area (Å²) in [6.07, 6.45) is 0.218. The van der Waals surface area contributed by atoms with Crippen LogP contribution in [0.2, 0.25) is 0 Å². The molecule has 0 radical (unpaired) electrons. The smallest absolute Gasteiger partial charge is 0.224 e. The van der Waals surface area contributed by atoms with Crippen molar-refractivity contribution < 1.29 is 9.59 Å². The molecule has 3 aromatic carbocycles. The molecule has 0 aromatic heterocycles. The molecule has 128 valence electrons. The number of benzene rings is 3. The van der Waals surface area contributed by atoms with E-state index >= 15 is 0 Å². The van der Waals surface area contributed by atoms with Crippen molar-refractivity contribution in [3.8, 4) is 0 Å². The lowest BCUT2D eigenvalue weighted by Crippen LogP contribution is -2.31. The lowest BCUT2D eigenvalue weighted by molar-refractivity contribution is -0.109. The van der Waals surface area contributed by atoms with Crippen molar-refractivity contribution in [1.82, 2.24) is 0 Å². The van der Waals surface area contributed by atoms with E-state index in [1.807, 2.05) is 54.6 Å². The Morgan fingerprint density at radius 1 is 0.615 bits per heavy atom. The van der Waals surface area contributed by atoms with Gasteiger partial charge in [0.1, 0.15) is 0 Å². The van der Waals surface area contributed by atoms with Gasteiger partial charge >= 0.3 is 0 Å². The van der Waals surface area contributed by atoms with Crippen LogP contribution in [0.5, 0.6) is 0 Å². The maximum Gasteiger partial charge on any atom is 0.224 e. The van der Waals surface area contributed by atoms with Crippen LogP contribution in [0.25, 0.3) is 0 Å². The van der Waals surface area contributed by atoms with Gasteiger partial charge in [0.2, 0.25) is 10.2 Å². The number of hydrogen-bond donors (Lipinski definition) is 0. The van der Waals surface area contributed by atoms with E-state index in [-0.39, 0.29) is 16.7 Å². The third-order valence-electron chi connectivity index (χ3n) is 4.59. The van der Waals surface area contributed by atoms with E-state index in [9.17, 15) is 9.59 Å². The van der Waals surface area contributed by atoms with Gasteiger partial charge in [0.05, 0.1) is 0 Å². The average Bonchev–Trinajstić information content (AvgIpc) is 3.03. The molecule has 26 heavy (non-hydrogen) atoms. The molecule has 1 heterocycles. The number of rotatable bonds is 3. The fourth-order valence-electron chi connectivity index (χ4n) is 3.53. The van der Waals surface area contributed by atoms with Crippen LogP contribution in [0.15, 0.2) is 91.0 Å². The van der Waals surface area contributed by atoms with Crippen molar-refractivity contribution in [2.75, 3.05) is 0 Å². The van der Waals surface area contributed by atoms with Gasteiger partial charge in [-0.15, -0.1) is 0 Å². The molecular weight excluding hydrogens is 359 g/mol. The normalized spacial score (nSPS) is 14.7. The number of hydrogen-bond acceptors (Lipinski definition) is 3. The van der Waals surface area contributed by atoms with E-state index in [4.69, 9.17) is 0 Å². The van der Waals surface area contributed by atoms with Crippen molar-refractivity contribution in [3.05, 3.63) is 91.0 Å². The summed E-state index contributed by atoms with van der Waals surface area (Å²) in [6.45, 7) is -2.37. The second-order valence-corrected chi connectivity index (χ2v) is 10.5. The molecule has 4 heteroatoms. The molecule has 1 aliphatic rings.